The zero-order valence-electron chi connectivity index (χ0n) is 32.8. The van der Waals surface area contributed by atoms with Crippen LogP contribution in [0.15, 0.2) is 24.3 Å². The van der Waals surface area contributed by atoms with Crippen LogP contribution in [0.4, 0.5) is 0 Å². The molecule has 0 aliphatic heterocycles. The minimum Gasteiger partial charge on any atom is -0.462 e. The molecule has 0 saturated carbocycles. The highest BCUT2D eigenvalue weighted by Gasteiger charge is 2.26. The number of allylic oxidation sites excluding steroid dienone is 4. The predicted molar refractivity (Wildman–Crippen MR) is 211 cm³/mol. The summed E-state index contributed by atoms with van der Waals surface area (Å²) in [5, 5.41) is 0. The van der Waals surface area contributed by atoms with Crippen LogP contribution in [0, 0.1) is 0 Å². The van der Waals surface area contributed by atoms with E-state index in [4.69, 9.17) is 24.3 Å². The summed E-state index contributed by atoms with van der Waals surface area (Å²) >= 11 is 0. The SMILES string of the molecule is CCCCCC/C=C/CCCCCCCC(=O)OC[C@H](COP(=O)(O)OCCN)OC(=O)CCCCCCCCC/C=C/CCCCCCCC. The number of phosphoric ester groups is 1. The van der Waals surface area contributed by atoms with Gasteiger partial charge in [0.2, 0.25) is 0 Å². The van der Waals surface area contributed by atoms with E-state index in [1.54, 1.807) is 0 Å². The Morgan fingerprint density at radius 1 is 0.569 bits per heavy atom. The molecule has 0 heterocycles. The van der Waals surface area contributed by atoms with Crippen LogP contribution in [0.2, 0.25) is 0 Å². The first-order valence-corrected chi connectivity index (χ1v) is 22.3. The van der Waals surface area contributed by atoms with Gasteiger partial charge in [-0.25, -0.2) is 4.57 Å². The number of rotatable bonds is 39. The van der Waals surface area contributed by atoms with Gasteiger partial charge in [-0.2, -0.15) is 0 Å². The average molecular weight is 744 g/mol. The summed E-state index contributed by atoms with van der Waals surface area (Å²) in [7, 11) is -4.37. The lowest BCUT2D eigenvalue weighted by molar-refractivity contribution is -0.161. The van der Waals surface area contributed by atoms with Crippen LogP contribution in [0.5, 0.6) is 0 Å². The number of esters is 2. The highest BCUT2D eigenvalue weighted by atomic mass is 31.2. The Labute approximate surface area is 312 Å². The molecule has 0 rings (SSSR count). The topological polar surface area (TPSA) is 134 Å². The summed E-state index contributed by atoms with van der Waals surface area (Å²) in [5.74, 6) is -0.841. The van der Waals surface area contributed by atoms with Gasteiger partial charge in [-0.15, -0.1) is 0 Å². The van der Waals surface area contributed by atoms with Crippen molar-refractivity contribution in [3.8, 4) is 0 Å². The van der Waals surface area contributed by atoms with Gasteiger partial charge in [0, 0.05) is 19.4 Å². The van der Waals surface area contributed by atoms with Gasteiger partial charge in [0.1, 0.15) is 6.61 Å². The monoisotopic (exact) mass is 744 g/mol. The van der Waals surface area contributed by atoms with E-state index in [2.05, 4.69) is 38.2 Å². The molecule has 0 aliphatic carbocycles. The van der Waals surface area contributed by atoms with Crippen molar-refractivity contribution in [3.63, 3.8) is 0 Å². The molecule has 1 unspecified atom stereocenters. The lowest BCUT2D eigenvalue weighted by Gasteiger charge is -2.19. The molecule has 0 radical (unpaired) electrons. The van der Waals surface area contributed by atoms with Crippen LogP contribution in [0.3, 0.4) is 0 Å². The third kappa shape index (κ3) is 38.0. The van der Waals surface area contributed by atoms with E-state index in [1.807, 2.05) is 0 Å². The van der Waals surface area contributed by atoms with Gasteiger partial charge in [0.05, 0.1) is 13.2 Å². The van der Waals surface area contributed by atoms with Crippen molar-refractivity contribution in [2.45, 2.75) is 200 Å². The Hall–Kier alpha value is -1.51. The number of hydrogen-bond acceptors (Lipinski definition) is 8. The van der Waals surface area contributed by atoms with Crippen molar-refractivity contribution >= 4 is 19.8 Å². The summed E-state index contributed by atoms with van der Waals surface area (Å²) < 4.78 is 32.7. The fourth-order valence-electron chi connectivity index (χ4n) is 5.68. The molecule has 0 bridgehead atoms. The molecule has 2 atom stereocenters. The van der Waals surface area contributed by atoms with Gasteiger partial charge in [-0.3, -0.25) is 18.6 Å². The Balaban J connectivity index is 4.18. The molecule has 0 aromatic rings. The summed E-state index contributed by atoms with van der Waals surface area (Å²) in [4.78, 5) is 34.8. The molecule has 0 fully saturated rings. The third-order valence-electron chi connectivity index (χ3n) is 8.81. The lowest BCUT2D eigenvalue weighted by atomic mass is 10.1. The van der Waals surface area contributed by atoms with Gasteiger partial charge in [-0.05, 0) is 64.2 Å². The zero-order chi connectivity index (χ0) is 37.5. The van der Waals surface area contributed by atoms with Crippen LogP contribution >= 0.6 is 7.82 Å². The number of carbonyl (C=O) groups excluding carboxylic acids is 2. The van der Waals surface area contributed by atoms with E-state index in [0.29, 0.717) is 6.42 Å². The first kappa shape index (κ1) is 49.5. The summed E-state index contributed by atoms with van der Waals surface area (Å²) in [6.07, 6.45) is 39.2. The second-order valence-corrected chi connectivity index (χ2v) is 15.3. The smallest absolute Gasteiger partial charge is 0.462 e. The zero-order valence-corrected chi connectivity index (χ0v) is 33.7. The highest BCUT2D eigenvalue weighted by Crippen LogP contribution is 2.43. The van der Waals surface area contributed by atoms with Gasteiger partial charge in [0.15, 0.2) is 6.10 Å². The molecule has 300 valence electrons. The molecule has 3 N–H and O–H groups in total. The number of ether oxygens (including phenoxy) is 2. The second kappa shape index (κ2) is 38.2. The molecule has 10 heteroatoms. The molecule has 0 aliphatic rings. The van der Waals surface area contributed by atoms with Gasteiger partial charge in [-0.1, -0.05) is 141 Å². The Kier molecular flexibility index (Phi) is 37.1. The van der Waals surface area contributed by atoms with Gasteiger partial charge >= 0.3 is 19.8 Å². The molecule has 0 aromatic carbocycles. The maximum Gasteiger partial charge on any atom is 0.472 e. The summed E-state index contributed by atoms with van der Waals surface area (Å²) in [6, 6.07) is 0. The number of nitrogens with two attached hydrogens (primary N) is 1. The van der Waals surface area contributed by atoms with Crippen LogP contribution in [-0.2, 0) is 32.7 Å². The molecule has 9 nitrogen and oxygen atoms in total. The minimum absolute atomic E-state index is 0.0525. The van der Waals surface area contributed by atoms with E-state index >= 15 is 0 Å². The molecule has 51 heavy (non-hydrogen) atoms. The van der Waals surface area contributed by atoms with Crippen molar-refractivity contribution in [2.75, 3.05) is 26.4 Å². The van der Waals surface area contributed by atoms with E-state index in [9.17, 15) is 19.0 Å². The Bertz CT molecular complexity index is 897. The summed E-state index contributed by atoms with van der Waals surface area (Å²) in [6.45, 7) is 3.70. The first-order chi connectivity index (χ1) is 24.8. The molecule has 0 spiro atoms. The number of phosphoric acid groups is 1. The maximum absolute atomic E-state index is 12.6. The lowest BCUT2D eigenvalue weighted by Crippen LogP contribution is -2.29. The van der Waals surface area contributed by atoms with Crippen LogP contribution < -0.4 is 5.73 Å². The van der Waals surface area contributed by atoms with E-state index in [1.165, 1.54) is 96.3 Å². The molecule has 0 amide bonds. The van der Waals surface area contributed by atoms with Crippen molar-refractivity contribution in [1.82, 2.24) is 0 Å². The molecular weight excluding hydrogens is 665 g/mol. The third-order valence-corrected chi connectivity index (χ3v) is 9.79. The van der Waals surface area contributed by atoms with Gasteiger partial charge in [0.25, 0.3) is 0 Å². The number of carbonyl (C=O) groups is 2. The number of hydrogen-bond donors (Lipinski definition) is 2. The Morgan fingerprint density at radius 2 is 0.961 bits per heavy atom. The normalized spacial score (nSPS) is 13.6. The highest BCUT2D eigenvalue weighted by molar-refractivity contribution is 7.47. The first-order valence-electron chi connectivity index (χ1n) is 20.8. The van der Waals surface area contributed by atoms with Crippen molar-refractivity contribution in [2.24, 2.45) is 5.73 Å². The van der Waals surface area contributed by atoms with Crippen molar-refractivity contribution < 1.29 is 37.6 Å². The van der Waals surface area contributed by atoms with E-state index in [-0.39, 0.29) is 32.6 Å². The van der Waals surface area contributed by atoms with Crippen molar-refractivity contribution in [3.05, 3.63) is 24.3 Å². The van der Waals surface area contributed by atoms with Crippen LogP contribution in [0.25, 0.3) is 0 Å². The standard InChI is InChI=1S/C41H78NO8P/c1-3-5-7-9-11-13-15-17-18-19-20-22-24-26-28-30-32-34-41(44)50-39(38-49-51(45,46)48-36-35-42)37-47-40(43)33-31-29-27-25-23-21-16-14-12-10-8-6-4-2/h14,16-18,39H,3-13,15,19-38,42H2,1-2H3,(H,45,46)/b16-14+,18-17+/t39-/m1/s1. The van der Waals surface area contributed by atoms with Crippen molar-refractivity contribution in [1.29, 1.82) is 0 Å². The molecule has 0 aromatic heterocycles. The molecular formula is C41H78NO8P. The maximum atomic E-state index is 12.6. The predicted octanol–water partition coefficient (Wildman–Crippen LogP) is 11.6. The van der Waals surface area contributed by atoms with Gasteiger partial charge < -0.3 is 20.1 Å². The van der Waals surface area contributed by atoms with Crippen LogP contribution in [-0.4, -0.2) is 49.3 Å². The second-order valence-electron chi connectivity index (χ2n) is 13.8. The largest absolute Gasteiger partial charge is 0.472 e. The quantitative estimate of drug-likeness (QED) is 0.0273. The fraction of sp³-hybridized carbons (Fsp3) is 0.854. The van der Waals surface area contributed by atoms with E-state index in [0.717, 1.165) is 64.2 Å². The number of unbranched alkanes of at least 4 members (excludes halogenated alkanes) is 22. The summed E-state index contributed by atoms with van der Waals surface area (Å²) in [5.41, 5.74) is 5.34. The molecule has 0 saturated heterocycles. The van der Waals surface area contributed by atoms with Crippen LogP contribution in [0.1, 0.15) is 194 Å². The van der Waals surface area contributed by atoms with E-state index < -0.39 is 32.5 Å². The Morgan fingerprint density at radius 3 is 1.41 bits per heavy atom. The average Bonchev–Trinajstić information content (AvgIpc) is 3.11. The minimum atomic E-state index is -4.37. The fourth-order valence-corrected chi connectivity index (χ4v) is 6.45.